The predicted octanol–water partition coefficient (Wildman–Crippen LogP) is 2.94. The molecule has 2 aromatic carbocycles. The second-order valence-electron chi connectivity index (χ2n) is 6.28. The Labute approximate surface area is 149 Å². The second-order valence-corrected chi connectivity index (χ2v) is 6.28. The van der Waals surface area contributed by atoms with Gasteiger partial charge < -0.3 is 9.47 Å². The lowest BCUT2D eigenvalue weighted by atomic mass is 9.95. The van der Waals surface area contributed by atoms with Gasteiger partial charge in [-0.15, -0.1) is 0 Å². The van der Waals surface area contributed by atoms with Crippen molar-refractivity contribution in [2.75, 3.05) is 6.79 Å². The average Bonchev–Trinajstić information content (AvgIpc) is 3.19. The number of fused-ring (bicyclic) bond motifs is 3. The van der Waals surface area contributed by atoms with Crippen LogP contribution in [0.15, 0.2) is 47.6 Å². The van der Waals surface area contributed by atoms with Crippen molar-refractivity contribution in [2.45, 2.75) is 13.3 Å². The first-order valence-corrected chi connectivity index (χ1v) is 8.35. The molecule has 5 rings (SSSR count). The van der Waals surface area contributed by atoms with Gasteiger partial charge in [0.05, 0.1) is 11.4 Å². The van der Waals surface area contributed by atoms with Crippen LogP contribution in [0.3, 0.4) is 0 Å². The molecular weight excluding hydrogens is 330 g/mol. The molecule has 2 aliphatic rings. The van der Waals surface area contributed by atoms with Crippen molar-refractivity contribution in [1.82, 2.24) is 9.66 Å². The van der Waals surface area contributed by atoms with E-state index >= 15 is 0 Å². The maximum atomic E-state index is 11.3. The number of ether oxygens (including phenoxy) is 2. The fraction of sp³-hybridized carbons (Fsp3) is 0.150. The van der Waals surface area contributed by atoms with Gasteiger partial charge in [-0.25, -0.2) is 9.66 Å². The molecule has 2 aliphatic heterocycles. The highest BCUT2D eigenvalue weighted by Gasteiger charge is 2.26. The summed E-state index contributed by atoms with van der Waals surface area (Å²) < 4.78 is 12.9. The molecule has 0 amide bonds. The first-order valence-electron chi connectivity index (χ1n) is 8.35. The monoisotopic (exact) mass is 345 g/mol. The minimum atomic E-state index is 0.221. The molecule has 0 atom stereocenters. The predicted molar refractivity (Wildman–Crippen MR) is 95.2 cm³/mol. The van der Waals surface area contributed by atoms with E-state index in [0.717, 1.165) is 51.7 Å². The number of hydrogen-bond donors (Lipinski definition) is 0. The molecule has 0 radical (unpaired) electrons. The molecule has 0 fully saturated rings. The molecule has 0 saturated heterocycles. The summed E-state index contributed by atoms with van der Waals surface area (Å²) in [5, 5.41) is 4.86. The summed E-state index contributed by atoms with van der Waals surface area (Å²) >= 11 is 0. The van der Waals surface area contributed by atoms with Crippen LogP contribution in [0.25, 0.3) is 0 Å². The first kappa shape index (κ1) is 14.9. The Kier molecular flexibility index (Phi) is 3.18. The Bertz CT molecular complexity index is 1070. The number of carbonyl (C=O) groups is 1. The molecular formula is C20H15N3O3. The van der Waals surface area contributed by atoms with Gasteiger partial charge in [0.15, 0.2) is 17.8 Å². The summed E-state index contributed by atoms with van der Waals surface area (Å²) in [6.45, 7) is 2.08. The zero-order valence-corrected chi connectivity index (χ0v) is 14.1. The zero-order chi connectivity index (χ0) is 17.7. The minimum Gasteiger partial charge on any atom is -0.454 e. The van der Waals surface area contributed by atoms with E-state index in [-0.39, 0.29) is 6.79 Å². The van der Waals surface area contributed by atoms with Gasteiger partial charge in [-0.05, 0) is 24.6 Å². The normalized spacial score (nSPS) is 14.3. The Morgan fingerprint density at radius 3 is 2.65 bits per heavy atom. The molecule has 3 heterocycles. The van der Waals surface area contributed by atoms with Crippen LogP contribution >= 0.6 is 0 Å². The molecule has 0 bridgehead atoms. The Balaban J connectivity index is 1.80. The number of nitrogens with zero attached hydrogens (tertiary/aromatic N) is 3. The Morgan fingerprint density at radius 1 is 1.12 bits per heavy atom. The van der Waals surface area contributed by atoms with Crippen LogP contribution in [-0.2, 0) is 6.42 Å². The number of benzene rings is 2. The van der Waals surface area contributed by atoms with E-state index in [1.165, 1.54) is 0 Å². The first-order chi connectivity index (χ1) is 12.7. The van der Waals surface area contributed by atoms with E-state index in [0.29, 0.717) is 12.1 Å². The molecule has 0 N–H and O–H groups in total. The van der Waals surface area contributed by atoms with Crippen molar-refractivity contribution in [3.63, 3.8) is 0 Å². The molecule has 0 spiro atoms. The van der Waals surface area contributed by atoms with Crippen LogP contribution in [0, 0.1) is 6.92 Å². The molecule has 26 heavy (non-hydrogen) atoms. The van der Waals surface area contributed by atoms with Crippen molar-refractivity contribution in [2.24, 2.45) is 5.10 Å². The lowest BCUT2D eigenvalue weighted by Crippen LogP contribution is -2.07. The summed E-state index contributed by atoms with van der Waals surface area (Å²) in [4.78, 5) is 15.8. The summed E-state index contributed by atoms with van der Waals surface area (Å²) in [5.41, 5.74) is 4.98. The highest BCUT2D eigenvalue weighted by atomic mass is 16.7. The summed E-state index contributed by atoms with van der Waals surface area (Å²) in [5.74, 6) is 2.18. The maximum Gasteiger partial charge on any atom is 0.231 e. The lowest BCUT2D eigenvalue weighted by Gasteiger charge is -2.11. The van der Waals surface area contributed by atoms with Crippen LogP contribution < -0.4 is 9.47 Å². The fourth-order valence-electron chi connectivity index (χ4n) is 3.41. The third-order valence-electron chi connectivity index (χ3n) is 4.74. The second kappa shape index (κ2) is 5.56. The van der Waals surface area contributed by atoms with Gasteiger partial charge in [0.2, 0.25) is 6.79 Å². The van der Waals surface area contributed by atoms with Crippen LogP contribution in [0.4, 0.5) is 0 Å². The number of hydrogen-bond acceptors (Lipinski definition) is 5. The lowest BCUT2D eigenvalue weighted by molar-refractivity contribution is 0.111. The van der Waals surface area contributed by atoms with E-state index < -0.39 is 0 Å². The molecule has 6 nitrogen and oxygen atoms in total. The largest absolute Gasteiger partial charge is 0.454 e. The van der Waals surface area contributed by atoms with Crippen LogP contribution in [0.5, 0.6) is 11.5 Å². The van der Waals surface area contributed by atoms with Gasteiger partial charge in [0, 0.05) is 17.5 Å². The van der Waals surface area contributed by atoms with Crippen LogP contribution in [-0.4, -0.2) is 28.5 Å². The van der Waals surface area contributed by atoms with Gasteiger partial charge in [-0.3, -0.25) is 4.79 Å². The number of aldehydes is 1. The Morgan fingerprint density at radius 2 is 1.88 bits per heavy atom. The topological polar surface area (TPSA) is 65.7 Å². The van der Waals surface area contributed by atoms with Crippen molar-refractivity contribution >= 4 is 12.0 Å². The van der Waals surface area contributed by atoms with Gasteiger partial charge in [0.25, 0.3) is 0 Å². The Hall–Kier alpha value is -3.41. The smallest absolute Gasteiger partial charge is 0.231 e. The van der Waals surface area contributed by atoms with Crippen molar-refractivity contribution in [3.05, 3.63) is 76.4 Å². The SMILES string of the molecule is Cc1c(C=O)nc2n1N=C(c1ccccc1)c1cc3c(cc1C2)OCO3. The molecule has 128 valence electrons. The van der Waals surface area contributed by atoms with Gasteiger partial charge in [0.1, 0.15) is 11.5 Å². The van der Waals surface area contributed by atoms with E-state index in [1.807, 2.05) is 49.4 Å². The molecule has 1 aromatic heterocycles. The standard InChI is InChI=1S/C20H15N3O3/c1-12-16(10-24)21-19-8-14-7-17-18(26-11-25-17)9-15(14)20(22-23(12)19)13-5-3-2-4-6-13/h2-7,9-10H,8,11H2,1H3. The zero-order valence-electron chi connectivity index (χ0n) is 14.1. The van der Waals surface area contributed by atoms with E-state index in [4.69, 9.17) is 14.6 Å². The van der Waals surface area contributed by atoms with Crippen LogP contribution in [0.2, 0.25) is 0 Å². The van der Waals surface area contributed by atoms with Gasteiger partial charge in [-0.2, -0.15) is 5.10 Å². The van der Waals surface area contributed by atoms with Gasteiger partial charge in [-0.1, -0.05) is 30.3 Å². The third-order valence-corrected chi connectivity index (χ3v) is 4.74. The molecule has 6 heteroatoms. The van der Waals surface area contributed by atoms with E-state index in [1.54, 1.807) is 4.68 Å². The van der Waals surface area contributed by atoms with Crippen molar-refractivity contribution in [1.29, 1.82) is 0 Å². The molecule has 3 aromatic rings. The highest BCUT2D eigenvalue weighted by molar-refractivity contribution is 6.14. The number of aromatic nitrogens is 2. The van der Waals surface area contributed by atoms with Crippen molar-refractivity contribution in [3.8, 4) is 11.5 Å². The molecule has 0 saturated carbocycles. The summed E-state index contributed by atoms with van der Waals surface area (Å²) in [6.07, 6.45) is 1.33. The quantitative estimate of drug-likeness (QED) is 0.524. The maximum absolute atomic E-state index is 11.3. The number of imidazole rings is 1. The number of carbonyl (C=O) groups excluding carboxylic acids is 1. The minimum absolute atomic E-state index is 0.221. The van der Waals surface area contributed by atoms with E-state index in [9.17, 15) is 4.79 Å². The van der Waals surface area contributed by atoms with E-state index in [2.05, 4.69) is 4.98 Å². The average molecular weight is 345 g/mol. The van der Waals surface area contributed by atoms with Crippen molar-refractivity contribution < 1.29 is 14.3 Å². The summed E-state index contributed by atoms with van der Waals surface area (Å²) in [7, 11) is 0. The van der Waals surface area contributed by atoms with Crippen LogP contribution in [0.1, 0.15) is 38.7 Å². The molecule has 0 unspecified atom stereocenters. The molecule has 0 aliphatic carbocycles. The highest BCUT2D eigenvalue weighted by Crippen LogP contribution is 2.37. The number of rotatable bonds is 2. The fourth-order valence-corrected chi connectivity index (χ4v) is 3.41. The van der Waals surface area contributed by atoms with Gasteiger partial charge >= 0.3 is 0 Å². The summed E-state index contributed by atoms with van der Waals surface area (Å²) in [6, 6.07) is 13.9. The third kappa shape index (κ3) is 2.15.